The van der Waals surface area contributed by atoms with Gasteiger partial charge in [0.15, 0.2) is 0 Å². The Hall–Kier alpha value is -1.77. The minimum Gasteiger partial charge on any atom is -0.357 e. The van der Waals surface area contributed by atoms with Crippen LogP contribution in [-0.2, 0) is 11.3 Å². The Morgan fingerprint density at radius 3 is 2.79 bits per heavy atom. The van der Waals surface area contributed by atoms with Gasteiger partial charge in [-0.2, -0.15) is 0 Å². The number of rotatable bonds is 3. The molecule has 19 heavy (non-hydrogen) atoms. The first kappa shape index (κ1) is 12.3. The standard InChI is InChI=1S/C16H20N2O/c1-10-4-5-12-11(2)14(18-13(12)8-10)9-17-15(19)16(3)6-7-16/h4-5,8,18H,6-7,9H2,1-3H3,(H,17,19). The molecule has 0 unspecified atom stereocenters. The Bertz CT molecular complexity index is 650. The molecule has 0 radical (unpaired) electrons. The number of aromatic amines is 1. The predicted octanol–water partition coefficient (Wildman–Crippen LogP) is 3.20. The van der Waals surface area contributed by atoms with Gasteiger partial charge in [-0.3, -0.25) is 4.79 Å². The molecule has 1 fully saturated rings. The van der Waals surface area contributed by atoms with Gasteiger partial charge in [-0.15, -0.1) is 0 Å². The number of nitrogens with one attached hydrogen (secondary N) is 2. The van der Waals surface area contributed by atoms with Crippen molar-refractivity contribution in [2.45, 2.75) is 40.2 Å². The second-order valence-corrected chi connectivity index (χ2v) is 6.02. The first-order valence-electron chi connectivity index (χ1n) is 6.86. The van der Waals surface area contributed by atoms with Crippen molar-refractivity contribution in [3.05, 3.63) is 35.0 Å². The van der Waals surface area contributed by atoms with Crippen molar-refractivity contribution in [1.82, 2.24) is 10.3 Å². The van der Waals surface area contributed by atoms with Gasteiger partial charge in [-0.1, -0.05) is 19.1 Å². The van der Waals surface area contributed by atoms with Gasteiger partial charge in [-0.05, 0) is 43.9 Å². The Morgan fingerprint density at radius 1 is 1.37 bits per heavy atom. The average molecular weight is 256 g/mol. The lowest BCUT2D eigenvalue weighted by Crippen LogP contribution is -2.30. The van der Waals surface area contributed by atoms with E-state index in [1.54, 1.807) is 0 Å². The molecule has 0 aliphatic heterocycles. The molecule has 100 valence electrons. The van der Waals surface area contributed by atoms with Gasteiger partial charge in [0.2, 0.25) is 5.91 Å². The van der Waals surface area contributed by atoms with Crippen molar-refractivity contribution < 1.29 is 4.79 Å². The Morgan fingerprint density at radius 2 is 2.11 bits per heavy atom. The molecule has 0 bridgehead atoms. The summed E-state index contributed by atoms with van der Waals surface area (Å²) < 4.78 is 0. The van der Waals surface area contributed by atoms with Gasteiger partial charge in [0, 0.05) is 22.0 Å². The van der Waals surface area contributed by atoms with Gasteiger partial charge in [-0.25, -0.2) is 0 Å². The molecular weight excluding hydrogens is 236 g/mol. The minimum absolute atomic E-state index is 0.101. The lowest BCUT2D eigenvalue weighted by molar-refractivity contribution is -0.125. The molecule has 1 amide bonds. The highest BCUT2D eigenvalue weighted by molar-refractivity contribution is 5.86. The number of aryl methyl sites for hydroxylation is 2. The van der Waals surface area contributed by atoms with Crippen LogP contribution in [0.25, 0.3) is 10.9 Å². The highest BCUT2D eigenvalue weighted by Gasteiger charge is 2.44. The SMILES string of the molecule is Cc1ccc2c(C)c(CNC(=O)C3(C)CC3)[nH]c2c1. The minimum atomic E-state index is -0.101. The van der Waals surface area contributed by atoms with Crippen molar-refractivity contribution in [3.63, 3.8) is 0 Å². The lowest BCUT2D eigenvalue weighted by atomic mass is 10.1. The third-order valence-corrected chi connectivity index (χ3v) is 4.29. The van der Waals surface area contributed by atoms with E-state index in [0.717, 1.165) is 24.1 Å². The van der Waals surface area contributed by atoms with Crippen LogP contribution in [0.3, 0.4) is 0 Å². The molecule has 1 heterocycles. The second kappa shape index (κ2) is 4.12. The molecule has 0 saturated heterocycles. The molecule has 0 spiro atoms. The summed E-state index contributed by atoms with van der Waals surface area (Å²) in [4.78, 5) is 15.4. The van der Waals surface area contributed by atoms with Crippen molar-refractivity contribution in [3.8, 4) is 0 Å². The van der Waals surface area contributed by atoms with E-state index >= 15 is 0 Å². The zero-order valence-electron chi connectivity index (χ0n) is 11.8. The Balaban J connectivity index is 1.81. The number of fused-ring (bicyclic) bond motifs is 1. The van der Waals surface area contributed by atoms with Gasteiger partial charge >= 0.3 is 0 Å². The van der Waals surface area contributed by atoms with E-state index in [4.69, 9.17) is 0 Å². The summed E-state index contributed by atoms with van der Waals surface area (Å²) in [5.41, 5.74) is 4.64. The number of hydrogen-bond acceptors (Lipinski definition) is 1. The summed E-state index contributed by atoms with van der Waals surface area (Å²) in [7, 11) is 0. The van der Waals surface area contributed by atoms with E-state index in [-0.39, 0.29) is 11.3 Å². The first-order valence-corrected chi connectivity index (χ1v) is 6.86. The summed E-state index contributed by atoms with van der Waals surface area (Å²) in [6.07, 6.45) is 2.04. The Labute approximate surface area is 113 Å². The zero-order chi connectivity index (χ0) is 13.6. The van der Waals surface area contributed by atoms with Crippen LogP contribution in [0.2, 0.25) is 0 Å². The molecule has 1 aliphatic carbocycles. The molecule has 1 aromatic carbocycles. The van der Waals surface area contributed by atoms with Gasteiger partial charge in [0.25, 0.3) is 0 Å². The maximum Gasteiger partial charge on any atom is 0.226 e. The number of aromatic nitrogens is 1. The van der Waals surface area contributed by atoms with Crippen LogP contribution in [0.5, 0.6) is 0 Å². The summed E-state index contributed by atoms with van der Waals surface area (Å²) in [5.74, 6) is 0.182. The van der Waals surface area contributed by atoms with Crippen LogP contribution in [0.4, 0.5) is 0 Å². The smallest absolute Gasteiger partial charge is 0.226 e. The maximum absolute atomic E-state index is 12.0. The average Bonchev–Trinajstić information content (AvgIpc) is 3.05. The third kappa shape index (κ3) is 2.14. The van der Waals surface area contributed by atoms with E-state index in [1.807, 2.05) is 6.92 Å². The van der Waals surface area contributed by atoms with Crippen molar-refractivity contribution in [2.24, 2.45) is 5.41 Å². The normalized spacial score (nSPS) is 16.6. The predicted molar refractivity (Wildman–Crippen MR) is 77.0 cm³/mol. The quantitative estimate of drug-likeness (QED) is 0.870. The van der Waals surface area contributed by atoms with Gasteiger partial charge < -0.3 is 10.3 Å². The lowest BCUT2D eigenvalue weighted by Gasteiger charge is -2.09. The Kier molecular flexibility index (Phi) is 2.66. The monoisotopic (exact) mass is 256 g/mol. The van der Waals surface area contributed by atoms with E-state index in [2.05, 4.69) is 42.3 Å². The van der Waals surface area contributed by atoms with Crippen LogP contribution in [0, 0.1) is 19.3 Å². The molecule has 0 atom stereocenters. The second-order valence-electron chi connectivity index (χ2n) is 6.02. The highest BCUT2D eigenvalue weighted by atomic mass is 16.2. The van der Waals surface area contributed by atoms with E-state index in [9.17, 15) is 4.79 Å². The van der Waals surface area contributed by atoms with Gasteiger partial charge in [0.05, 0.1) is 6.54 Å². The van der Waals surface area contributed by atoms with E-state index in [1.165, 1.54) is 16.5 Å². The third-order valence-electron chi connectivity index (χ3n) is 4.29. The van der Waals surface area contributed by atoms with Crippen LogP contribution >= 0.6 is 0 Å². The highest BCUT2D eigenvalue weighted by Crippen LogP contribution is 2.45. The largest absolute Gasteiger partial charge is 0.357 e. The van der Waals surface area contributed by atoms with Crippen LogP contribution in [-0.4, -0.2) is 10.9 Å². The molecule has 1 aliphatic rings. The van der Waals surface area contributed by atoms with Crippen molar-refractivity contribution in [1.29, 1.82) is 0 Å². The number of carbonyl (C=O) groups is 1. The van der Waals surface area contributed by atoms with E-state index in [0.29, 0.717) is 6.54 Å². The van der Waals surface area contributed by atoms with Gasteiger partial charge in [0.1, 0.15) is 0 Å². The van der Waals surface area contributed by atoms with Crippen LogP contribution in [0.15, 0.2) is 18.2 Å². The fourth-order valence-electron chi connectivity index (χ4n) is 2.48. The summed E-state index contributed by atoms with van der Waals surface area (Å²) >= 11 is 0. The van der Waals surface area contributed by atoms with Crippen LogP contribution in [0.1, 0.15) is 36.6 Å². The summed E-state index contributed by atoms with van der Waals surface area (Å²) in [5, 5.41) is 4.29. The number of benzene rings is 1. The summed E-state index contributed by atoms with van der Waals surface area (Å²) in [6.45, 7) is 6.82. The van der Waals surface area contributed by atoms with Crippen LogP contribution < -0.4 is 5.32 Å². The fourth-order valence-corrected chi connectivity index (χ4v) is 2.48. The zero-order valence-corrected chi connectivity index (χ0v) is 11.8. The number of H-pyrrole nitrogens is 1. The molecule has 3 rings (SSSR count). The molecule has 1 saturated carbocycles. The number of amides is 1. The number of carbonyl (C=O) groups excluding carboxylic acids is 1. The molecular formula is C16H20N2O. The molecule has 1 aromatic heterocycles. The summed E-state index contributed by atoms with van der Waals surface area (Å²) in [6, 6.07) is 6.41. The molecule has 2 N–H and O–H groups in total. The van der Waals surface area contributed by atoms with Crippen molar-refractivity contribution in [2.75, 3.05) is 0 Å². The molecule has 3 nitrogen and oxygen atoms in total. The van der Waals surface area contributed by atoms with E-state index < -0.39 is 0 Å². The number of hydrogen-bond donors (Lipinski definition) is 2. The first-order chi connectivity index (χ1) is 8.99. The topological polar surface area (TPSA) is 44.9 Å². The van der Waals surface area contributed by atoms with Crippen molar-refractivity contribution >= 4 is 16.8 Å². The maximum atomic E-state index is 12.0. The molecule has 2 aromatic rings. The fraction of sp³-hybridized carbons (Fsp3) is 0.438. The molecule has 3 heteroatoms.